The molecule has 1 aromatic carbocycles. The van der Waals surface area contributed by atoms with Crippen LogP contribution in [0.15, 0.2) is 64.7 Å². The SMILES string of the molecule is CN=C(NCCCS(=O)(=O)c1ccccc1)NCCn1cccc1. The molecule has 0 radical (unpaired) electrons. The Kier molecular flexibility index (Phi) is 6.87. The first kappa shape index (κ1) is 18.1. The molecule has 0 aliphatic rings. The number of hydrogen-bond acceptors (Lipinski definition) is 3. The van der Waals surface area contributed by atoms with Crippen molar-refractivity contribution in [2.45, 2.75) is 17.9 Å². The number of aromatic nitrogens is 1. The molecule has 0 fully saturated rings. The molecule has 0 spiro atoms. The number of guanidine groups is 1. The summed E-state index contributed by atoms with van der Waals surface area (Å²) in [4.78, 5) is 4.51. The van der Waals surface area contributed by atoms with Crippen LogP contribution >= 0.6 is 0 Å². The number of sulfone groups is 1. The molecule has 0 aliphatic carbocycles. The Morgan fingerprint density at radius 2 is 1.71 bits per heavy atom. The molecule has 2 aromatic rings. The number of benzene rings is 1. The lowest BCUT2D eigenvalue weighted by Gasteiger charge is -2.12. The standard InChI is InChI=1S/C17H24N4O2S/c1-18-17(20-11-14-21-12-5-6-13-21)19-10-7-15-24(22,23)16-8-3-2-4-9-16/h2-6,8-9,12-13H,7,10-11,14-15H2,1H3,(H2,18,19,20). The minimum Gasteiger partial charge on any atom is -0.356 e. The average molecular weight is 348 g/mol. The molecule has 1 heterocycles. The highest BCUT2D eigenvalue weighted by Gasteiger charge is 2.13. The highest BCUT2D eigenvalue weighted by molar-refractivity contribution is 7.91. The molecule has 24 heavy (non-hydrogen) atoms. The van der Waals surface area contributed by atoms with Gasteiger partial charge in [0.05, 0.1) is 10.6 Å². The van der Waals surface area contributed by atoms with Gasteiger partial charge in [-0.2, -0.15) is 0 Å². The first-order chi connectivity index (χ1) is 11.6. The van der Waals surface area contributed by atoms with E-state index >= 15 is 0 Å². The summed E-state index contributed by atoms with van der Waals surface area (Å²) in [6.45, 7) is 2.14. The first-order valence-corrected chi connectivity index (χ1v) is 9.60. The third kappa shape index (κ3) is 5.73. The summed E-state index contributed by atoms with van der Waals surface area (Å²) < 4.78 is 26.4. The van der Waals surface area contributed by atoms with E-state index in [0.29, 0.717) is 23.8 Å². The van der Waals surface area contributed by atoms with Gasteiger partial charge in [-0.15, -0.1) is 0 Å². The van der Waals surface area contributed by atoms with Crippen LogP contribution in [0.3, 0.4) is 0 Å². The highest BCUT2D eigenvalue weighted by Crippen LogP contribution is 2.10. The number of hydrogen-bond donors (Lipinski definition) is 2. The third-order valence-corrected chi connectivity index (χ3v) is 5.35. The van der Waals surface area contributed by atoms with Crippen LogP contribution in [0.1, 0.15) is 6.42 Å². The molecule has 2 rings (SSSR count). The molecular formula is C17H24N4O2S. The maximum absolute atomic E-state index is 12.2. The van der Waals surface area contributed by atoms with Gasteiger partial charge in [0, 0.05) is 39.1 Å². The second-order valence-corrected chi connectivity index (χ2v) is 7.44. The fraction of sp³-hybridized carbons (Fsp3) is 0.353. The van der Waals surface area contributed by atoms with E-state index in [1.807, 2.05) is 30.6 Å². The molecule has 0 unspecified atom stereocenters. The lowest BCUT2D eigenvalue weighted by atomic mass is 10.4. The van der Waals surface area contributed by atoms with Crippen molar-refractivity contribution >= 4 is 15.8 Å². The van der Waals surface area contributed by atoms with Gasteiger partial charge >= 0.3 is 0 Å². The summed E-state index contributed by atoms with van der Waals surface area (Å²) in [6, 6.07) is 12.5. The topological polar surface area (TPSA) is 75.5 Å². The summed E-state index contributed by atoms with van der Waals surface area (Å²) in [7, 11) is -1.52. The fourth-order valence-electron chi connectivity index (χ4n) is 2.26. The lowest BCUT2D eigenvalue weighted by Crippen LogP contribution is -2.39. The molecule has 0 bridgehead atoms. The van der Waals surface area contributed by atoms with E-state index in [1.54, 1.807) is 31.3 Å². The van der Waals surface area contributed by atoms with Crippen LogP contribution in [0.5, 0.6) is 0 Å². The Labute approximate surface area is 143 Å². The minimum atomic E-state index is -3.22. The number of aliphatic imine (C=N–C) groups is 1. The maximum Gasteiger partial charge on any atom is 0.191 e. The zero-order chi connectivity index (χ0) is 17.3. The largest absolute Gasteiger partial charge is 0.356 e. The summed E-state index contributed by atoms with van der Waals surface area (Å²) in [5.74, 6) is 0.795. The van der Waals surface area contributed by atoms with E-state index in [1.165, 1.54) is 0 Å². The van der Waals surface area contributed by atoms with Crippen molar-refractivity contribution in [3.63, 3.8) is 0 Å². The van der Waals surface area contributed by atoms with Gasteiger partial charge in [-0.1, -0.05) is 18.2 Å². The molecule has 0 atom stereocenters. The predicted molar refractivity (Wildman–Crippen MR) is 96.9 cm³/mol. The van der Waals surface area contributed by atoms with Gasteiger partial charge < -0.3 is 15.2 Å². The zero-order valence-electron chi connectivity index (χ0n) is 13.9. The Hall–Kier alpha value is -2.28. The van der Waals surface area contributed by atoms with Gasteiger partial charge in [0.2, 0.25) is 0 Å². The highest BCUT2D eigenvalue weighted by atomic mass is 32.2. The smallest absolute Gasteiger partial charge is 0.191 e. The molecule has 0 amide bonds. The van der Waals surface area contributed by atoms with Crippen LogP contribution in [0.25, 0.3) is 0 Å². The van der Waals surface area contributed by atoms with Crippen LogP contribution < -0.4 is 10.6 Å². The van der Waals surface area contributed by atoms with Crippen molar-refractivity contribution in [1.29, 1.82) is 0 Å². The Bertz CT molecular complexity index is 725. The van der Waals surface area contributed by atoms with Crippen LogP contribution in [0.4, 0.5) is 0 Å². The second kappa shape index (κ2) is 9.12. The van der Waals surface area contributed by atoms with Crippen molar-refractivity contribution in [1.82, 2.24) is 15.2 Å². The second-order valence-electron chi connectivity index (χ2n) is 5.33. The molecule has 1 aromatic heterocycles. The summed E-state index contributed by atoms with van der Waals surface area (Å²) >= 11 is 0. The quantitative estimate of drug-likeness (QED) is 0.431. The van der Waals surface area contributed by atoms with Crippen LogP contribution in [0.2, 0.25) is 0 Å². The van der Waals surface area contributed by atoms with Crippen molar-refractivity contribution in [3.8, 4) is 0 Å². The maximum atomic E-state index is 12.2. The fourth-order valence-corrected chi connectivity index (χ4v) is 3.59. The first-order valence-electron chi connectivity index (χ1n) is 7.95. The molecule has 7 heteroatoms. The van der Waals surface area contributed by atoms with E-state index in [0.717, 1.165) is 13.1 Å². The molecule has 6 nitrogen and oxygen atoms in total. The Morgan fingerprint density at radius 3 is 2.38 bits per heavy atom. The van der Waals surface area contributed by atoms with Crippen molar-refractivity contribution < 1.29 is 8.42 Å². The molecule has 0 aliphatic heterocycles. The molecule has 0 saturated carbocycles. The van der Waals surface area contributed by atoms with Crippen LogP contribution in [0, 0.1) is 0 Å². The predicted octanol–water partition coefficient (Wildman–Crippen LogP) is 1.52. The van der Waals surface area contributed by atoms with Gasteiger partial charge in [-0.25, -0.2) is 8.42 Å². The summed E-state index contributed by atoms with van der Waals surface area (Å²) in [5.41, 5.74) is 0. The molecule has 2 N–H and O–H groups in total. The van der Waals surface area contributed by atoms with Crippen LogP contribution in [-0.2, 0) is 16.4 Å². The number of nitrogens with one attached hydrogen (secondary N) is 2. The van der Waals surface area contributed by atoms with Gasteiger partial charge in [0.1, 0.15) is 0 Å². The van der Waals surface area contributed by atoms with Crippen LogP contribution in [-0.4, -0.2) is 44.8 Å². The summed E-state index contributed by atoms with van der Waals surface area (Å²) in [6.07, 6.45) is 4.54. The van der Waals surface area contributed by atoms with Gasteiger partial charge in [0.25, 0.3) is 0 Å². The zero-order valence-corrected chi connectivity index (χ0v) is 14.7. The van der Waals surface area contributed by atoms with Gasteiger partial charge in [-0.3, -0.25) is 4.99 Å². The molecule has 130 valence electrons. The van der Waals surface area contributed by atoms with E-state index in [-0.39, 0.29) is 5.75 Å². The third-order valence-electron chi connectivity index (χ3n) is 3.54. The monoisotopic (exact) mass is 348 g/mol. The average Bonchev–Trinajstić information content (AvgIpc) is 3.11. The number of rotatable bonds is 8. The molecular weight excluding hydrogens is 324 g/mol. The Balaban J connectivity index is 1.68. The Morgan fingerprint density at radius 1 is 1.04 bits per heavy atom. The van der Waals surface area contributed by atoms with Crippen molar-refractivity contribution in [3.05, 3.63) is 54.9 Å². The van der Waals surface area contributed by atoms with E-state index in [4.69, 9.17) is 0 Å². The van der Waals surface area contributed by atoms with Gasteiger partial charge in [-0.05, 0) is 30.7 Å². The number of nitrogens with zero attached hydrogens (tertiary/aromatic N) is 2. The van der Waals surface area contributed by atoms with E-state index in [9.17, 15) is 8.42 Å². The van der Waals surface area contributed by atoms with Crippen molar-refractivity contribution in [2.24, 2.45) is 4.99 Å². The molecule has 0 saturated heterocycles. The minimum absolute atomic E-state index is 0.115. The van der Waals surface area contributed by atoms with E-state index < -0.39 is 9.84 Å². The van der Waals surface area contributed by atoms with Crippen molar-refractivity contribution in [2.75, 3.05) is 25.9 Å². The summed E-state index contributed by atoms with van der Waals surface area (Å²) in [5, 5.41) is 6.34. The normalized spacial score (nSPS) is 12.1. The van der Waals surface area contributed by atoms with E-state index in [2.05, 4.69) is 20.2 Å². The lowest BCUT2D eigenvalue weighted by molar-refractivity contribution is 0.592. The van der Waals surface area contributed by atoms with Gasteiger partial charge in [0.15, 0.2) is 15.8 Å².